The number of rotatable bonds is 7. The number of hydrogen-bond acceptors (Lipinski definition) is 5. The van der Waals surface area contributed by atoms with Gasteiger partial charge in [-0.25, -0.2) is 9.67 Å². The van der Waals surface area contributed by atoms with E-state index in [0.29, 0.717) is 42.1 Å². The summed E-state index contributed by atoms with van der Waals surface area (Å²) in [4.78, 5) is 29.8. The minimum absolute atomic E-state index is 0.158. The molecule has 3 heterocycles. The summed E-state index contributed by atoms with van der Waals surface area (Å²) in [5.74, 6) is -0.268. The van der Waals surface area contributed by atoms with E-state index in [1.165, 1.54) is 12.5 Å². The van der Waals surface area contributed by atoms with Crippen LogP contribution in [0.4, 0.5) is 0 Å². The van der Waals surface area contributed by atoms with Crippen molar-refractivity contribution in [2.45, 2.75) is 13.1 Å². The molecule has 0 spiro atoms. The van der Waals surface area contributed by atoms with Crippen LogP contribution in [-0.2, 0) is 13.1 Å². The highest BCUT2D eigenvalue weighted by atomic mass is 79.9. The first-order valence-electron chi connectivity index (χ1n) is 10.6. The van der Waals surface area contributed by atoms with Crippen LogP contribution in [0.1, 0.15) is 16.1 Å². The molecule has 0 unspecified atom stereocenters. The molecule has 9 nitrogen and oxygen atoms in total. The van der Waals surface area contributed by atoms with E-state index in [1.807, 2.05) is 54.6 Å². The van der Waals surface area contributed by atoms with Crippen LogP contribution in [-0.4, -0.2) is 42.0 Å². The minimum Gasteiger partial charge on any atom is -0.349 e. The molecule has 10 heteroatoms. The highest BCUT2D eigenvalue weighted by molar-refractivity contribution is 9.10. The van der Waals surface area contributed by atoms with Crippen LogP contribution in [0.15, 0.2) is 82.5 Å². The van der Waals surface area contributed by atoms with Crippen LogP contribution in [0.3, 0.4) is 0 Å². The third-order valence-electron chi connectivity index (χ3n) is 5.39. The molecule has 0 radical (unpaired) electrons. The van der Waals surface area contributed by atoms with E-state index < -0.39 is 0 Å². The van der Waals surface area contributed by atoms with Gasteiger partial charge in [0.25, 0.3) is 11.5 Å². The minimum atomic E-state index is -0.268. The van der Waals surface area contributed by atoms with Crippen molar-refractivity contribution in [1.29, 1.82) is 0 Å². The summed E-state index contributed by atoms with van der Waals surface area (Å²) in [5.41, 5.74) is 3.33. The second-order valence-corrected chi connectivity index (χ2v) is 8.61. The predicted molar refractivity (Wildman–Crippen MR) is 131 cm³/mol. The molecule has 2 aromatic carbocycles. The first kappa shape index (κ1) is 21.8. The highest BCUT2D eigenvalue weighted by Crippen LogP contribution is 2.17. The summed E-state index contributed by atoms with van der Waals surface area (Å²) < 4.78 is 4.15. The Morgan fingerprint density at radius 3 is 2.68 bits per heavy atom. The fourth-order valence-corrected chi connectivity index (χ4v) is 3.89. The molecule has 5 aromatic rings. The summed E-state index contributed by atoms with van der Waals surface area (Å²) in [7, 11) is 0. The zero-order chi connectivity index (χ0) is 23.5. The Kier molecular flexibility index (Phi) is 6.05. The Labute approximate surface area is 202 Å². The van der Waals surface area contributed by atoms with Gasteiger partial charge >= 0.3 is 0 Å². The van der Waals surface area contributed by atoms with E-state index in [1.54, 1.807) is 15.3 Å². The lowest BCUT2D eigenvalue weighted by Gasteiger charge is -2.07. The molecule has 0 saturated carbocycles. The van der Waals surface area contributed by atoms with Crippen LogP contribution in [0.5, 0.6) is 0 Å². The number of amides is 1. The second-order valence-electron chi connectivity index (χ2n) is 7.70. The van der Waals surface area contributed by atoms with Gasteiger partial charge in [0, 0.05) is 16.6 Å². The predicted octanol–water partition coefficient (Wildman–Crippen LogP) is 3.22. The molecule has 170 valence electrons. The number of carbonyl (C=O) groups is 1. The molecule has 0 aliphatic heterocycles. The van der Waals surface area contributed by atoms with Crippen LogP contribution in [0.25, 0.3) is 22.3 Å². The van der Waals surface area contributed by atoms with Gasteiger partial charge in [-0.1, -0.05) is 58.4 Å². The normalized spacial score (nSPS) is 11.1. The fraction of sp³-hybridized carbons (Fsp3) is 0.125. The van der Waals surface area contributed by atoms with Crippen molar-refractivity contribution < 1.29 is 4.79 Å². The smallest absolute Gasteiger partial charge is 0.269 e. The van der Waals surface area contributed by atoms with Gasteiger partial charge in [-0.2, -0.15) is 10.2 Å². The van der Waals surface area contributed by atoms with Crippen molar-refractivity contribution in [3.05, 3.63) is 99.3 Å². The monoisotopic (exact) mass is 517 g/mol. The molecule has 0 saturated heterocycles. The van der Waals surface area contributed by atoms with Crippen molar-refractivity contribution >= 4 is 32.9 Å². The molecule has 2 N–H and O–H groups in total. The average Bonchev–Trinajstić information content (AvgIpc) is 3.51. The second kappa shape index (κ2) is 9.44. The van der Waals surface area contributed by atoms with Crippen molar-refractivity contribution in [2.24, 2.45) is 0 Å². The number of aromatic amines is 1. The van der Waals surface area contributed by atoms with E-state index in [-0.39, 0.29) is 11.5 Å². The van der Waals surface area contributed by atoms with E-state index >= 15 is 0 Å². The van der Waals surface area contributed by atoms with Gasteiger partial charge in [0.1, 0.15) is 17.4 Å². The maximum absolute atomic E-state index is 12.9. The van der Waals surface area contributed by atoms with Gasteiger partial charge in [0.15, 0.2) is 5.65 Å². The molecular formula is C24H20BrN7O2. The van der Waals surface area contributed by atoms with Crippen molar-refractivity contribution in [1.82, 2.24) is 34.8 Å². The number of hydrogen-bond donors (Lipinski definition) is 2. The largest absolute Gasteiger partial charge is 0.349 e. The molecule has 0 atom stereocenters. The zero-order valence-electron chi connectivity index (χ0n) is 18.0. The third kappa shape index (κ3) is 4.53. The lowest BCUT2D eigenvalue weighted by molar-refractivity contribution is 0.0947. The lowest BCUT2D eigenvalue weighted by Crippen LogP contribution is -2.28. The van der Waals surface area contributed by atoms with Crippen LogP contribution in [0.2, 0.25) is 0 Å². The van der Waals surface area contributed by atoms with Crippen LogP contribution < -0.4 is 10.9 Å². The van der Waals surface area contributed by atoms with Gasteiger partial charge < -0.3 is 5.32 Å². The Hall–Kier alpha value is -4.05. The Balaban J connectivity index is 1.24. The average molecular weight is 518 g/mol. The first-order valence-corrected chi connectivity index (χ1v) is 11.4. The van der Waals surface area contributed by atoms with E-state index in [4.69, 9.17) is 0 Å². The molecule has 5 rings (SSSR count). The SMILES string of the molecule is O=C(NCCn1ncc2c(=O)n(Cc3ccc(Br)cc3)cnc21)c1cc(-c2ccccc2)n[nH]1. The molecule has 34 heavy (non-hydrogen) atoms. The summed E-state index contributed by atoms with van der Waals surface area (Å²) in [6.07, 6.45) is 3.05. The van der Waals surface area contributed by atoms with Gasteiger partial charge in [0.05, 0.1) is 25.0 Å². The van der Waals surface area contributed by atoms with E-state index in [0.717, 1.165) is 15.6 Å². The number of nitrogens with zero attached hydrogens (tertiary/aromatic N) is 5. The number of fused-ring (bicyclic) bond motifs is 1. The number of H-pyrrole nitrogens is 1. The summed E-state index contributed by atoms with van der Waals surface area (Å²) in [6.45, 7) is 1.11. The molecule has 3 aromatic heterocycles. The molecule has 0 aliphatic carbocycles. The van der Waals surface area contributed by atoms with Crippen molar-refractivity contribution in [2.75, 3.05) is 6.54 Å². The van der Waals surface area contributed by atoms with Crippen LogP contribution in [0, 0.1) is 0 Å². The summed E-state index contributed by atoms with van der Waals surface area (Å²) >= 11 is 3.41. The van der Waals surface area contributed by atoms with E-state index in [9.17, 15) is 9.59 Å². The highest BCUT2D eigenvalue weighted by Gasteiger charge is 2.13. The topological polar surface area (TPSA) is 110 Å². The summed E-state index contributed by atoms with van der Waals surface area (Å²) in [6, 6.07) is 19.1. The maximum Gasteiger partial charge on any atom is 0.269 e. The van der Waals surface area contributed by atoms with E-state index in [2.05, 4.69) is 41.5 Å². The standard InChI is InChI=1S/C24H20BrN7O2/c25-18-8-6-16(7-9-18)14-31-15-27-22-19(24(31)34)13-28-32(22)11-10-26-23(33)21-12-20(29-30-21)17-4-2-1-3-5-17/h1-9,12-13,15H,10-11,14H2,(H,26,33)(H,29,30). The Bertz CT molecular complexity index is 1500. The maximum atomic E-state index is 12.9. The number of benzene rings is 2. The summed E-state index contributed by atoms with van der Waals surface area (Å²) in [5, 5.41) is 14.5. The molecule has 1 amide bonds. The number of halogens is 1. The van der Waals surface area contributed by atoms with Gasteiger partial charge in [-0.3, -0.25) is 19.3 Å². The quantitative estimate of drug-likeness (QED) is 0.344. The van der Waals surface area contributed by atoms with Gasteiger partial charge in [-0.15, -0.1) is 0 Å². The molecule has 0 fully saturated rings. The third-order valence-corrected chi connectivity index (χ3v) is 5.92. The lowest BCUT2D eigenvalue weighted by atomic mass is 10.1. The van der Waals surface area contributed by atoms with Crippen LogP contribution >= 0.6 is 15.9 Å². The molecule has 0 aliphatic rings. The molecular weight excluding hydrogens is 498 g/mol. The zero-order valence-corrected chi connectivity index (χ0v) is 19.6. The van der Waals surface area contributed by atoms with Gasteiger partial charge in [0.2, 0.25) is 0 Å². The fourth-order valence-electron chi connectivity index (χ4n) is 3.63. The van der Waals surface area contributed by atoms with Gasteiger partial charge in [-0.05, 0) is 23.8 Å². The van der Waals surface area contributed by atoms with Crippen molar-refractivity contribution in [3.8, 4) is 11.3 Å². The Morgan fingerprint density at radius 2 is 1.88 bits per heavy atom. The number of carbonyl (C=O) groups excluding carboxylic acids is 1. The van der Waals surface area contributed by atoms with Crippen molar-refractivity contribution in [3.63, 3.8) is 0 Å². The first-order chi connectivity index (χ1) is 16.6. The number of aromatic nitrogens is 6. The Morgan fingerprint density at radius 1 is 1.09 bits per heavy atom. The molecule has 0 bridgehead atoms. The number of nitrogens with one attached hydrogen (secondary N) is 2.